The van der Waals surface area contributed by atoms with Crippen LogP contribution in [0.5, 0.6) is 5.88 Å². The molecule has 1 aliphatic rings. The van der Waals surface area contributed by atoms with Gasteiger partial charge in [0.2, 0.25) is 5.88 Å². The molecule has 0 radical (unpaired) electrons. The van der Waals surface area contributed by atoms with Crippen molar-refractivity contribution in [2.45, 2.75) is 26.3 Å². The minimum Gasteiger partial charge on any atom is -0.477 e. The van der Waals surface area contributed by atoms with Crippen molar-refractivity contribution in [2.24, 2.45) is 5.92 Å². The summed E-state index contributed by atoms with van der Waals surface area (Å²) in [4.78, 5) is 4.45. The van der Waals surface area contributed by atoms with Gasteiger partial charge >= 0.3 is 0 Å². The molecule has 1 atom stereocenters. The first-order chi connectivity index (χ1) is 9.29. The van der Waals surface area contributed by atoms with Crippen molar-refractivity contribution in [3.63, 3.8) is 0 Å². The van der Waals surface area contributed by atoms with Crippen LogP contribution in [0.4, 0.5) is 0 Å². The van der Waals surface area contributed by atoms with Crippen molar-refractivity contribution >= 4 is 11.6 Å². The minimum absolute atomic E-state index is 0.485. The zero-order valence-electron chi connectivity index (χ0n) is 11.3. The highest BCUT2D eigenvalue weighted by Gasteiger charge is 2.16. The molecule has 1 N–H and O–H groups in total. The van der Waals surface area contributed by atoms with Crippen LogP contribution in [0.3, 0.4) is 0 Å². The molecule has 1 aromatic rings. The van der Waals surface area contributed by atoms with Crippen molar-refractivity contribution in [2.75, 3.05) is 26.4 Å². The van der Waals surface area contributed by atoms with Crippen LogP contribution in [0.1, 0.15) is 25.5 Å². The molecule has 4 nitrogen and oxygen atoms in total. The number of rotatable bonds is 7. The second kappa shape index (κ2) is 7.68. The third-order valence-corrected chi connectivity index (χ3v) is 3.45. The predicted molar refractivity (Wildman–Crippen MR) is 75.7 cm³/mol. The van der Waals surface area contributed by atoms with Gasteiger partial charge in [-0.15, -0.1) is 0 Å². The number of hydrogen-bond donors (Lipinski definition) is 1. The number of pyridine rings is 1. The minimum atomic E-state index is 0.485. The van der Waals surface area contributed by atoms with E-state index in [2.05, 4.69) is 17.2 Å². The third-order valence-electron chi connectivity index (χ3n) is 3.10. The van der Waals surface area contributed by atoms with Crippen LogP contribution >= 0.6 is 11.6 Å². The van der Waals surface area contributed by atoms with E-state index in [9.17, 15) is 0 Å². The zero-order chi connectivity index (χ0) is 13.5. The lowest BCUT2D eigenvalue weighted by Crippen LogP contribution is -2.16. The van der Waals surface area contributed by atoms with E-state index in [1.54, 1.807) is 0 Å². The number of aromatic nitrogens is 1. The van der Waals surface area contributed by atoms with Gasteiger partial charge in [-0.1, -0.05) is 18.5 Å². The Bertz CT molecular complexity index is 395. The topological polar surface area (TPSA) is 43.4 Å². The van der Waals surface area contributed by atoms with E-state index in [4.69, 9.17) is 21.1 Å². The van der Waals surface area contributed by atoms with Gasteiger partial charge in [0.05, 0.1) is 23.9 Å². The highest BCUT2D eigenvalue weighted by Crippen LogP contribution is 2.19. The van der Waals surface area contributed by atoms with Crippen molar-refractivity contribution in [3.8, 4) is 5.88 Å². The molecule has 5 heteroatoms. The number of nitrogens with one attached hydrogen (secondary N) is 1. The Morgan fingerprint density at radius 1 is 1.53 bits per heavy atom. The summed E-state index contributed by atoms with van der Waals surface area (Å²) in [6, 6.07) is 3.67. The lowest BCUT2D eigenvalue weighted by atomic mass is 10.1. The zero-order valence-corrected chi connectivity index (χ0v) is 12.1. The molecular weight excluding hydrogens is 264 g/mol. The lowest BCUT2D eigenvalue weighted by molar-refractivity contribution is 0.165. The maximum Gasteiger partial charge on any atom is 0.213 e. The van der Waals surface area contributed by atoms with Crippen LogP contribution in [-0.2, 0) is 11.3 Å². The standard InChI is InChI=1S/C14H21ClN2O2/c1-2-6-16-8-13-12(15)3-4-14(17-13)19-10-11-5-7-18-9-11/h3-4,11,16H,2,5-10H2,1H3. The Balaban J connectivity index is 1.87. The summed E-state index contributed by atoms with van der Waals surface area (Å²) in [7, 11) is 0. The molecule has 0 aromatic carbocycles. The smallest absolute Gasteiger partial charge is 0.213 e. The first-order valence-electron chi connectivity index (χ1n) is 6.86. The Labute approximate surface area is 119 Å². The molecule has 106 valence electrons. The fourth-order valence-corrected chi connectivity index (χ4v) is 2.14. The average molecular weight is 285 g/mol. The van der Waals surface area contributed by atoms with Crippen molar-refractivity contribution in [1.29, 1.82) is 0 Å². The van der Waals surface area contributed by atoms with Crippen LogP contribution in [0.15, 0.2) is 12.1 Å². The number of hydrogen-bond acceptors (Lipinski definition) is 4. The Kier molecular flexibility index (Phi) is 5.89. The van der Waals surface area contributed by atoms with Gasteiger partial charge in [-0.2, -0.15) is 0 Å². The molecule has 2 rings (SSSR count). The summed E-state index contributed by atoms with van der Waals surface area (Å²) in [5.41, 5.74) is 0.843. The maximum absolute atomic E-state index is 6.12. The molecule has 1 saturated heterocycles. The highest BCUT2D eigenvalue weighted by atomic mass is 35.5. The maximum atomic E-state index is 6.12. The van der Waals surface area contributed by atoms with Crippen molar-refractivity contribution in [3.05, 3.63) is 22.8 Å². The van der Waals surface area contributed by atoms with Gasteiger partial charge in [-0.05, 0) is 25.5 Å². The molecule has 1 unspecified atom stereocenters. The summed E-state index contributed by atoms with van der Waals surface area (Å²) in [6.45, 7) is 6.06. The van der Waals surface area contributed by atoms with E-state index in [1.165, 1.54) is 0 Å². The molecule has 1 aromatic heterocycles. The summed E-state index contributed by atoms with van der Waals surface area (Å²) >= 11 is 6.12. The van der Waals surface area contributed by atoms with Gasteiger partial charge in [0.1, 0.15) is 0 Å². The van der Waals surface area contributed by atoms with Crippen LogP contribution in [-0.4, -0.2) is 31.3 Å². The Hall–Kier alpha value is -0.840. The van der Waals surface area contributed by atoms with Gasteiger partial charge in [0, 0.05) is 25.1 Å². The van der Waals surface area contributed by atoms with E-state index < -0.39 is 0 Å². The molecule has 2 heterocycles. The third kappa shape index (κ3) is 4.64. The molecule has 1 fully saturated rings. The fourth-order valence-electron chi connectivity index (χ4n) is 1.97. The first kappa shape index (κ1) is 14.6. The Morgan fingerprint density at radius 2 is 2.42 bits per heavy atom. The molecule has 0 saturated carbocycles. The van der Waals surface area contributed by atoms with Crippen LogP contribution < -0.4 is 10.1 Å². The quantitative estimate of drug-likeness (QED) is 0.782. The average Bonchev–Trinajstić information content (AvgIpc) is 2.93. The lowest BCUT2D eigenvalue weighted by Gasteiger charge is -2.11. The molecule has 0 spiro atoms. The Morgan fingerprint density at radius 3 is 3.16 bits per heavy atom. The van der Waals surface area contributed by atoms with Gasteiger partial charge in [0.25, 0.3) is 0 Å². The van der Waals surface area contributed by atoms with E-state index in [0.717, 1.165) is 38.3 Å². The van der Waals surface area contributed by atoms with Gasteiger partial charge in [-0.3, -0.25) is 0 Å². The number of ether oxygens (including phenoxy) is 2. The summed E-state index contributed by atoms with van der Waals surface area (Å²) in [5.74, 6) is 1.13. The molecule has 0 aliphatic carbocycles. The summed E-state index contributed by atoms with van der Waals surface area (Å²) in [5, 5.41) is 3.97. The number of halogens is 1. The normalized spacial score (nSPS) is 18.7. The molecule has 0 amide bonds. The van der Waals surface area contributed by atoms with Gasteiger partial charge in [0.15, 0.2) is 0 Å². The highest BCUT2D eigenvalue weighted by molar-refractivity contribution is 6.31. The van der Waals surface area contributed by atoms with E-state index in [0.29, 0.717) is 30.0 Å². The number of nitrogens with zero attached hydrogens (tertiary/aromatic N) is 1. The molecule has 0 bridgehead atoms. The first-order valence-corrected chi connectivity index (χ1v) is 7.24. The van der Waals surface area contributed by atoms with Crippen LogP contribution in [0, 0.1) is 5.92 Å². The largest absolute Gasteiger partial charge is 0.477 e. The SMILES string of the molecule is CCCNCc1nc(OCC2CCOC2)ccc1Cl. The van der Waals surface area contributed by atoms with E-state index in [-0.39, 0.29) is 0 Å². The predicted octanol–water partition coefficient (Wildman–Crippen LogP) is 2.65. The van der Waals surface area contributed by atoms with E-state index in [1.807, 2.05) is 12.1 Å². The monoisotopic (exact) mass is 284 g/mol. The molecule has 19 heavy (non-hydrogen) atoms. The van der Waals surface area contributed by atoms with Crippen LogP contribution in [0.25, 0.3) is 0 Å². The second-order valence-corrected chi connectivity index (χ2v) is 5.20. The summed E-state index contributed by atoms with van der Waals surface area (Å²) in [6.07, 6.45) is 2.16. The fraction of sp³-hybridized carbons (Fsp3) is 0.643. The second-order valence-electron chi connectivity index (χ2n) is 4.80. The van der Waals surface area contributed by atoms with Gasteiger partial charge < -0.3 is 14.8 Å². The van der Waals surface area contributed by atoms with Crippen LogP contribution in [0.2, 0.25) is 5.02 Å². The molecular formula is C14H21ClN2O2. The molecule has 1 aliphatic heterocycles. The van der Waals surface area contributed by atoms with Crippen molar-refractivity contribution < 1.29 is 9.47 Å². The summed E-state index contributed by atoms with van der Waals surface area (Å²) < 4.78 is 11.0. The van der Waals surface area contributed by atoms with Crippen molar-refractivity contribution in [1.82, 2.24) is 10.3 Å². The van der Waals surface area contributed by atoms with Gasteiger partial charge in [-0.25, -0.2) is 4.98 Å². The van der Waals surface area contributed by atoms with E-state index >= 15 is 0 Å².